The summed E-state index contributed by atoms with van der Waals surface area (Å²) < 4.78 is 34.9. The van der Waals surface area contributed by atoms with Crippen molar-refractivity contribution in [2.45, 2.75) is 11.3 Å². The first kappa shape index (κ1) is 19.4. The minimum absolute atomic E-state index is 0.0316. The summed E-state index contributed by atoms with van der Waals surface area (Å²) in [7, 11) is -0.606. The molecule has 0 N–H and O–H groups in total. The Morgan fingerprint density at radius 2 is 2.00 bits per heavy atom. The fourth-order valence-electron chi connectivity index (χ4n) is 3.28. The third-order valence-corrected chi connectivity index (χ3v) is 7.45. The molecule has 4 rings (SSSR count). The molecule has 29 heavy (non-hydrogen) atoms. The molecular weight excluding hydrogens is 410 g/mol. The molecule has 0 fully saturated rings. The first-order chi connectivity index (χ1) is 13.9. The van der Waals surface area contributed by atoms with Crippen molar-refractivity contribution < 1.29 is 17.9 Å². The summed E-state index contributed by atoms with van der Waals surface area (Å²) in [5, 5.41) is 1.81. The molecule has 1 aliphatic rings. The summed E-state index contributed by atoms with van der Waals surface area (Å²) in [5.41, 5.74) is 1.77. The van der Waals surface area contributed by atoms with E-state index in [1.807, 2.05) is 23.6 Å². The van der Waals surface area contributed by atoms with Crippen LogP contribution in [-0.4, -0.2) is 32.5 Å². The van der Waals surface area contributed by atoms with Gasteiger partial charge in [-0.2, -0.15) is 4.99 Å². The largest absolute Gasteiger partial charge is 0.496 e. The molecule has 9 heteroatoms. The lowest BCUT2D eigenvalue weighted by molar-refractivity contribution is 0.0994. The molecule has 0 bridgehead atoms. The molecule has 0 saturated carbocycles. The standard InChI is InChI=1S/C20H19N3O4S2/c1-22-11-12-28-20(22)21-19(24)16-13-15(7-8-18(16)27-2)29(25,26)23-10-9-14-5-3-4-6-17(14)23/h3-8,11-13H,9-10H2,1-2H3. The molecule has 2 heterocycles. The van der Waals surface area contributed by atoms with Gasteiger partial charge in [-0.15, -0.1) is 11.3 Å². The molecule has 150 valence electrons. The number of aryl methyl sites for hydroxylation is 1. The third-order valence-electron chi connectivity index (χ3n) is 4.79. The van der Waals surface area contributed by atoms with Gasteiger partial charge in [-0.25, -0.2) is 8.42 Å². The van der Waals surface area contributed by atoms with E-state index in [4.69, 9.17) is 4.74 Å². The Kier molecular flexibility index (Phi) is 5.01. The molecule has 0 radical (unpaired) electrons. The van der Waals surface area contributed by atoms with E-state index in [2.05, 4.69) is 4.99 Å². The van der Waals surface area contributed by atoms with Crippen molar-refractivity contribution in [2.24, 2.45) is 12.0 Å². The van der Waals surface area contributed by atoms with Crippen molar-refractivity contribution >= 4 is 33.0 Å². The number of fused-ring (bicyclic) bond motifs is 1. The zero-order valence-electron chi connectivity index (χ0n) is 15.9. The SMILES string of the molecule is COc1ccc(S(=O)(=O)N2CCc3ccccc32)cc1C(=O)N=c1sccn1C. The molecule has 1 aromatic heterocycles. The zero-order chi connectivity index (χ0) is 20.6. The van der Waals surface area contributed by atoms with Crippen LogP contribution in [0, 0.1) is 0 Å². The number of methoxy groups -OCH3 is 1. The normalized spacial score (nSPS) is 14.1. The molecule has 1 aliphatic heterocycles. The van der Waals surface area contributed by atoms with Gasteiger partial charge in [0.2, 0.25) is 0 Å². The number of sulfonamides is 1. The van der Waals surface area contributed by atoms with Crippen molar-refractivity contribution in [3.8, 4) is 5.75 Å². The third kappa shape index (κ3) is 3.47. The van der Waals surface area contributed by atoms with E-state index in [9.17, 15) is 13.2 Å². The van der Waals surface area contributed by atoms with E-state index in [1.54, 1.807) is 23.9 Å². The van der Waals surface area contributed by atoms with Crippen molar-refractivity contribution in [2.75, 3.05) is 18.0 Å². The van der Waals surface area contributed by atoms with Gasteiger partial charge in [0.05, 0.1) is 23.3 Å². The lowest BCUT2D eigenvalue weighted by atomic mass is 10.2. The average Bonchev–Trinajstić information content (AvgIpc) is 3.34. The van der Waals surface area contributed by atoms with Gasteiger partial charge in [-0.1, -0.05) is 18.2 Å². The van der Waals surface area contributed by atoms with Crippen LogP contribution in [0.3, 0.4) is 0 Å². The fraction of sp³-hybridized carbons (Fsp3) is 0.200. The van der Waals surface area contributed by atoms with Gasteiger partial charge in [0.15, 0.2) is 4.80 Å². The number of hydrogen-bond donors (Lipinski definition) is 0. The second-order valence-electron chi connectivity index (χ2n) is 6.53. The number of nitrogens with zero attached hydrogens (tertiary/aromatic N) is 3. The minimum Gasteiger partial charge on any atom is -0.496 e. The van der Waals surface area contributed by atoms with E-state index in [-0.39, 0.29) is 16.2 Å². The predicted molar refractivity (Wildman–Crippen MR) is 111 cm³/mol. The van der Waals surface area contributed by atoms with Crippen molar-refractivity contribution in [3.63, 3.8) is 0 Å². The summed E-state index contributed by atoms with van der Waals surface area (Å²) >= 11 is 1.32. The number of benzene rings is 2. The number of thiazole rings is 1. The van der Waals surface area contributed by atoms with Crippen LogP contribution in [0.1, 0.15) is 15.9 Å². The summed E-state index contributed by atoms with van der Waals surface area (Å²) in [6.07, 6.45) is 2.45. The van der Waals surface area contributed by atoms with Crippen LogP contribution < -0.4 is 13.8 Å². The summed E-state index contributed by atoms with van der Waals surface area (Å²) in [6, 6.07) is 11.7. The second kappa shape index (κ2) is 7.49. The highest BCUT2D eigenvalue weighted by Gasteiger charge is 2.31. The van der Waals surface area contributed by atoms with Crippen LogP contribution in [0.5, 0.6) is 5.75 Å². The van der Waals surface area contributed by atoms with Gasteiger partial charge in [0.25, 0.3) is 15.9 Å². The highest BCUT2D eigenvalue weighted by Crippen LogP contribution is 2.34. The minimum atomic E-state index is -3.82. The second-order valence-corrected chi connectivity index (χ2v) is 9.27. The zero-order valence-corrected chi connectivity index (χ0v) is 17.5. The number of carbonyl (C=O) groups is 1. The number of anilines is 1. The Hall–Kier alpha value is -2.91. The number of amides is 1. The molecule has 0 unspecified atom stereocenters. The average molecular weight is 430 g/mol. The summed E-state index contributed by atoms with van der Waals surface area (Å²) in [6.45, 7) is 0.367. The van der Waals surface area contributed by atoms with Crippen LogP contribution in [0.4, 0.5) is 5.69 Å². The maximum absolute atomic E-state index is 13.3. The Morgan fingerprint density at radius 1 is 1.21 bits per heavy atom. The van der Waals surface area contributed by atoms with E-state index < -0.39 is 15.9 Å². The maximum atomic E-state index is 13.3. The van der Waals surface area contributed by atoms with Gasteiger partial charge in [0.1, 0.15) is 5.75 Å². The first-order valence-corrected chi connectivity index (χ1v) is 11.2. The summed E-state index contributed by atoms with van der Waals surface area (Å²) in [5.74, 6) is -0.280. The fourth-order valence-corrected chi connectivity index (χ4v) is 5.54. The molecule has 7 nitrogen and oxygen atoms in total. The van der Waals surface area contributed by atoms with Gasteiger partial charge in [-0.05, 0) is 36.2 Å². The van der Waals surface area contributed by atoms with Gasteiger partial charge >= 0.3 is 0 Å². The molecule has 3 aromatic rings. The number of hydrogen-bond acceptors (Lipinski definition) is 5. The molecule has 1 amide bonds. The van der Waals surface area contributed by atoms with Gasteiger partial charge < -0.3 is 9.30 Å². The smallest absolute Gasteiger partial charge is 0.283 e. The number of carbonyl (C=O) groups excluding carboxylic acids is 1. The number of aromatic nitrogens is 1. The van der Waals surface area contributed by atoms with Crippen molar-refractivity contribution in [3.05, 3.63) is 70.0 Å². The molecule has 2 aromatic carbocycles. The number of para-hydroxylation sites is 1. The van der Waals surface area contributed by atoms with Crippen molar-refractivity contribution in [1.29, 1.82) is 0 Å². The van der Waals surface area contributed by atoms with Crippen LogP contribution >= 0.6 is 11.3 Å². The Labute approximate surface area is 172 Å². The first-order valence-electron chi connectivity index (χ1n) is 8.89. The van der Waals surface area contributed by atoms with E-state index in [1.165, 1.54) is 41.0 Å². The monoisotopic (exact) mass is 429 g/mol. The Morgan fingerprint density at radius 3 is 2.72 bits per heavy atom. The molecular formula is C20H19N3O4S2. The Balaban J connectivity index is 1.77. The number of rotatable bonds is 4. The lowest BCUT2D eigenvalue weighted by Crippen LogP contribution is -2.29. The highest BCUT2D eigenvalue weighted by atomic mass is 32.2. The topological polar surface area (TPSA) is 81.0 Å². The molecule has 0 spiro atoms. The van der Waals surface area contributed by atoms with Crippen LogP contribution in [0.2, 0.25) is 0 Å². The van der Waals surface area contributed by atoms with Crippen LogP contribution in [0.15, 0.2) is 63.9 Å². The van der Waals surface area contributed by atoms with Crippen LogP contribution in [-0.2, 0) is 23.5 Å². The molecule has 0 atom stereocenters. The Bertz CT molecular complexity index is 1260. The molecule has 0 aliphatic carbocycles. The van der Waals surface area contributed by atoms with Crippen LogP contribution in [0.25, 0.3) is 0 Å². The van der Waals surface area contributed by atoms with E-state index in [0.29, 0.717) is 23.5 Å². The maximum Gasteiger partial charge on any atom is 0.283 e. The van der Waals surface area contributed by atoms with Crippen molar-refractivity contribution in [1.82, 2.24) is 4.57 Å². The lowest BCUT2D eigenvalue weighted by Gasteiger charge is -2.20. The quantitative estimate of drug-likeness (QED) is 0.638. The molecule has 0 saturated heterocycles. The van der Waals surface area contributed by atoms with Gasteiger partial charge in [-0.3, -0.25) is 9.10 Å². The number of ether oxygens (including phenoxy) is 1. The highest BCUT2D eigenvalue weighted by molar-refractivity contribution is 7.92. The van der Waals surface area contributed by atoms with E-state index >= 15 is 0 Å². The predicted octanol–water partition coefficient (Wildman–Crippen LogP) is 2.59. The van der Waals surface area contributed by atoms with E-state index in [0.717, 1.165) is 5.56 Å². The van der Waals surface area contributed by atoms with Gasteiger partial charge in [0, 0.05) is 25.2 Å². The summed E-state index contributed by atoms with van der Waals surface area (Å²) in [4.78, 5) is 17.4.